The van der Waals surface area contributed by atoms with Gasteiger partial charge in [0.25, 0.3) is 0 Å². The molecule has 1 unspecified atom stereocenters. The molecule has 110 valence electrons. The third-order valence-corrected chi connectivity index (χ3v) is 5.16. The Bertz CT molecular complexity index is 659. The maximum atomic E-state index is 6.15. The average Bonchev–Trinajstić information content (AvgIpc) is 2.50. The van der Waals surface area contributed by atoms with Gasteiger partial charge in [-0.15, -0.1) is 0 Å². The van der Waals surface area contributed by atoms with Gasteiger partial charge in [-0.1, -0.05) is 17.7 Å². The first-order valence-corrected chi connectivity index (χ1v) is 8.20. The quantitative estimate of drug-likeness (QED) is 0.818. The number of benzene rings is 2. The van der Waals surface area contributed by atoms with E-state index in [4.69, 9.17) is 16.3 Å². The van der Waals surface area contributed by atoms with Crippen LogP contribution in [0.3, 0.4) is 0 Å². The summed E-state index contributed by atoms with van der Waals surface area (Å²) in [5.74, 6) is 0.932. The van der Waals surface area contributed by atoms with E-state index in [2.05, 4.69) is 39.4 Å². The Labute approximate surface area is 138 Å². The van der Waals surface area contributed by atoms with Crippen molar-refractivity contribution in [3.8, 4) is 5.75 Å². The molecule has 1 aliphatic rings. The number of nitrogens with one attached hydrogen (secondary N) is 1. The fourth-order valence-corrected chi connectivity index (χ4v) is 3.23. The molecule has 0 radical (unpaired) electrons. The zero-order valence-corrected chi connectivity index (χ0v) is 14.2. The first kappa shape index (κ1) is 14.7. The van der Waals surface area contributed by atoms with Gasteiger partial charge in [0.05, 0.1) is 12.1 Å². The largest absolute Gasteiger partial charge is 0.497 e. The van der Waals surface area contributed by atoms with Gasteiger partial charge in [0.15, 0.2) is 0 Å². The second-order valence-corrected chi connectivity index (χ2v) is 6.61. The highest BCUT2D eigenvalue weighted by atomic mass is 79.9. The van der Waals surface area contributed by atoms with Gasteiger partial charge < -0.3 is 10.1 Å². The van der Waals surface area contributed by atoms with E-state index in [1.807, 2.05) is 18.2 Å². The normalized spacial score (nSPS) is 17.2. The van der Waals surface area contributed by atoms with Crippen LogP contribution in [0.5, 0.6) is 5.75 Å². The Morgan fingerprint density at radius 3 is 2.81 bits per heavy atom. The van der Waals surface area contributed by atoms with Crippen molar-refractivity contribution in [2.45, 2.75) is 25.3 Å². The molecule has 0 aliphatic heterocycles. The van der Waals surface area contributed by atoms with Gasteiger partial charge in [-0.25, -0.2) is 0 Å². The van der Waals surface area contributed by atoms with E-state index in [1.54, 1.807) is 7.11 Å². The maximum Gasteiger partial charge on any atom is 0.119 e. The van der Waals surface area contributed by atoms with Gasteiger partial charge in [0.2, 0.25) is 0 Å². The van der Waals surface area contributed by atoms with Crippen LogP contribution in [-0.2, 0) is 12.8 Å². The average molecular weight is 367 g/mol. The molecule has 4 heteroatoms. The standard InChI is InChI=1S/C17H17BrClNO/c1-21-15-6-3-11-2-4-13(8-12(11)9-15)20-14-5-7-16(18)17(19)10-14/h3,5-7,9-10,13,20H,2,4,8H2,1H3. The van der Waals surface area contributed by atoms with Gasteiger partial charge in [-0.05, 0) is 76.7 Å². The van der Waals surface area contributed by atoms with Crippen molar-refractivity contribution in [2.24, 2.45) is 0 Å². The predicted octanol–water partition coefficient (Wildman–Crippen LogP) is 5.08. The zero-order chi connectivity index (χ0) is 14.8. The SMILES string of the molecule is COc1ccc2c(c1)CC(Nc1ccc(Br)c(Cl)c1)CC2. The number of methoxy groups -OCH3 is 1. The van der Waals surface area contributed by atoms with Crippen LogP contribution in [0, 0.1) is 0 Å². The molecule has 0 bridgehead atoms. The van der Waals surface area contributed by atoms with E-state index < -0.39 is 0 Å². The minimum Gasteiger partial charge on any atom is -0.497 e. The Balaban J connectivity index is 1.74. The minimum absolute atomic E-state index is 0.432. The van der Waals surface area contributed by atoms with E-state index in [9.17, 15) is 0 Å². The molecule has 0 saturated heterocycles. The van der Waals surface area contributed by atoms with Crippen LogP contribution < -0.4 is 10.1 Å². The number of fused-ring (bicyclic) bond motifs is 1. The molecule has 1 aliphatic carbocycles. The van der Waals surface area contributed by atoms with Crippen LogP contribution >= 0.6 is 27.5 Å². The van der Waals surface area contributed by atoms with Crippen molar-refractivity contribution in [1.82, 2.24) is 0 Å². The number of ether oxygens (including phenoxy) is 1. The van der Waals surface area contributed by atoms with E-state index in [1.165, 1.54) is 11.1 Å². The van der Waals surface area contributed by atoms with E-state index in [0.29, 0.717) is 6.04 Å². The van der Waals surface area contributed by atoms with Crippen molar-refractivity contribution in [3.05, 3.63) is 57.0 Å². The third kappa shape index (κ3) is 3.35. The van der Waals surface area contributed by atoms with Crippen molar-refractivity contribution in [2.75, 3.05) is 12.4 Å². The van der Waals surface area contributed by atoms with Crippen LogP contribution in [-0.4, -0.2) is 13.2 Å². The number of anilines is 1. The molecule has 0 amide bonds. The third-order valence-electron chi connectivity index (χ3n) is 3.93. The second-order valence-electron chi connectivity index (χ2n) is 5.35. The lowest BCUT2D eigenvalue weighted by atomic mass is 9.88. The molecule has 3 rings (SSSR count). The van der Waals surface area contributed by atoms with Crippen molar-refractivity contribution in [3.63, 3.8) is 0 Å². The molecular weight excluding hydrogens is 350 g/mol. The number of hydrogen-bond donors (Lipinski definition) is 1. The summed E-state index contributed by atoms with van der Waals surface area (Å²) in [6.45, 7) is 0. The molecule has 1 atom stereocenters. The fourth-order valence-electron chi connectivity index (χ4n) is 2.81. The monoisotopic (exact) mass is 365 g/mol. The molecule has 1 N–H and O–H groups in total. The van der Waals surface area contributed by atoms with Gasteiger partial charge in [0.1, 0.15) is 5.75 Å². The summed E-state index contributed by atoms with van der Waals surface area (Å²) < 4.78 is 6.24. The molecule has 0 heterocycles. The fraction of sp³-hybridized carbons (Fsp3) is 0.294. The lowest BCUT2D eigenvalue weighted by molar-refractivity contribution is 0.413. The summed E-state index contributed by atoms with van der Waals surface area (Å²) in [6.07, 6.45) is 3.24. The molecular formula is C17H17BrClNO. The predicted molar refractivity (Wildman–Crippen MR) is 91.6 cm³/mol. The number of aryl methyl sites for hydroxylation is 1. The molecule has 21 heavy (non-hydrogen) atoms. The first-order chi connectivity index (χ1) is 10.2. The van der Waals surface area contributed by atoms with E-state index in [-0.39, 0.29) is 0 Å². The molecule has 2 aromatic rings. The molecule has 0 fully saturated rings. The van der Waals surface area contributed by atoms with Gasteiger partial charge >= 0.3 is 0 Å². The van der Waals surface area contributed by atoms with Crippen molar-refractivity contribution >= 4 is 33.2 Å². The summed E-state index contributed by atoms with van der Waals surface area (Å²) in [4.78, 5) is 0. The highest BCUT2D eigenvalue weighted by Gasteiger charge is 2.19. The van der Waals surface area contributed by atoms with Crippen LogP contribution in [0.15, 0.2) is 40.9 Å². The van der Waals surface area contributed by atoms with Crippen LogP contribution in [0.2, 0.25) is 5.02 Å². The molecule has 0 aromatic heterocycles. The van der Waals surface area contributed by atoms with Gasteiger partial charge in [0, 0.05) is 16.2 Å². The molecule has 2 nitrogen and oxygen atoms in total. The highest BCUT2D eigenvalue weighted by Crippen LogP contribution is 2.29. The van der Waals surface area contributed by atoms with Gasteiger partial charge in [-0.3, -0.25) is 0 Å². The number of halogens is 2. The maximum absolute atomic E-state index is 6.15. The Morgan fingerprint density at radius 1 is 1.19 bits per heavy atom. The zero-order valence-electron chi connectivity index (χ0n) is 11.8. The topological polar surface area (TPSA) is 21.3 Å². The Hall–Kier alpha value is -1.19. The smallest absolute Gasteiger partial charge is 0.119 e. The summed E-state index contributed by atoms with van der Waals surface area (Å²) >= 11 is 9.57. The van der Waals surface area contributed by atoms with E-state index in [0.717, 1.165) is 40.2 Å². The minimum atomic E-state index is 0.432. The molecule has 0 saturated carbocycles. The highest BCUT2D eigenvalue weighted by molar-refractivity contribution is 9.10. The second kappa shape index (κ2) is 6.29. The van der Waals surface area contributed by atoms with Crippen molar-refractivity contribution < 1.29 is 4.74 Å². The summed E-state index contributed by atoms with van der Waals surface area (Å²) in [5, 5.41) is 4.32. The first-order valence-electron chi connectivity index (χ1n) is 7.03. The van der Waals surface area contributed by atoms with Crippen LogP contribution in [0.25, 0.3) is 0 Å². The van der Waals surface area contributed by atoms with Crippen LogP contribution in [0.4, 0.5) is 5.69 Å². The van der Waals surface area contributed by atoms with E-state index >= 15 is 0 Å². The lowest BCUT2D eigenvalue weighted by Crippen LogP contribution is -2.27. The summed E-state index contributed by atoms with van der Waals surface area (Å²) in [6, 6.07) is 12.8. The molecule has 2 aromatic carbocycles. The van der Waals surface area contributed by atoms with Crippen LogP contribution in [0.1, 0.15) is 17.5 Å². The molecule has 0 spiro atoms. The van der Waals surface area contributed by atoms with Gasteiger partial charge in [-0.2, -0.15) is 0 Å². The number of hydrogen-bond acceptors (Lipinski definition) is 2. The summed E-state index contributed by atoms with van der Waals surface area (Å²) in [7, 11) is 1.71. The summed E-state index contributed by atoms with van der Waals surface area (Å²) in [5.41, 5.74) is 3.88. The number of rotatable bonds is 3. The lowest BCUT2D eigenvalue weighted by Gasteiger charge is -2.27. The Kier molecular flexibility index (Phi) is 4.41. The van der Waals surface area contributed by atoms with Crippen molar-refractivity contribution in [1.29, 1.82) is 0 Å². The Morgan fingerprint density at radius 2 is 2.05 bits per heavy atom.